The van der Waals surface area contributed by atoms with Crippen molar-refractivity contribution in [1.29, 1.82) is 0 Å². The van der Waals surface area contributed by atoms with Gasteiger partial charge in [0.15, 0.2) is 5.13 Å². The maximum absolute atomic E-state index is 12.3. The summed E-state index contributed by atoms with van der Waals surface area (Å²) in [6.07, 6.45) is 0. The number of anilines is 2. The Hall–Kier alpha value is -2.93. The van der Waals surface area contributed by atoms with Crippen LogP contribution in [0.3, 0.4) is 0 Å². The van der Waals surface area contributed by atoms with E-state index in [-0.39, 0.29) is 5.91 Å². The van der Waals surface area contributed by atoms with E-state index in [9.17, 15) is 4.79 Å². The van der Waals surface area contributed by atoms with E-state index in [0.717, 1.165) is 32.3 Å². The van der Waals surface area contributed by atoms with E-state index in [2.05, 4.69) is 20.8 Å². The number of nitrogens with zero attached hydrogens (tertiary/aromatic N) is 3. The number of aromatic nitrogens is 1. The number of hydrogen-bond acceptors (Lipinski definition) is 6. The van der Waals surface area contributed by atoms with Crippen LogP contribution < -0.4 is 15.6 Å². The maximum Gasteiger partial charge on any atom is 0.262 e. The normalized spacial score (nSPS) is 12.7. The Morgan fingerprint density at radius 2 is 1.85 bits per heavy atom. The topological polar surface area (TPSA) is 69.6 Å². The average Bonchev–Trinajstić information content (AvgIpc) is 3.08. The number of carbonyl (C=O) groups excluding carboxylic acids is 1. The molecule has 0 bridgehead atoms. The highest BCUT2D eigenvalue weighted by molar-refractivity contribution is 7.22. The molecule has 3 rings (SSSR count). The molecule has 1 atom stereocenters. The highest BCUT2D eigenvalue weighted by Crippen LogP contribution is 2.25. The number of nitrogens with one attached hydrogen (secondary N) is 2. The van der Waals surface area contributed by atoms with Gasteiger partial charge in [-0.15, -0.1) is 0 Å². The third-order valence-electron chi connectivity index (χ3n) is 4.16. The first-order chi connectivity index (χ1) is 12.9. The second kappa shape index (κ2) is 8.18. The number of hydrogen-bond donors (Lipinski definition) is 2. The molecule has 27 heavy (non-hydrogen) atoms. The second-order valence-electron chi connectivity index (χ2n) is 6.47. The molecule has 7 heteroatoms. The van der Waals surface area contributed by atoms with Crippen LogP contribution in [0, 0.1) is 0 Å². The van der Waals surface area contributed by atoms with Crippen molar-refractivity contribution in [3.63, 3.8) is 0 Å². The Morgan fingerprint density at radius 1 is 1.15 bits per heavy atom. The molecule has 0 radical (unpaired) electrons. The lowest BCUT2D eigenvalue weighted by Crippen LogP contribution is -2.35. The molecular formula is C20H23N5OS. The predicted octanol–water partition coefficient (Wildman–Crippen LogP) is 3.70. The molecule has 1 aromatic heterocycles. The summed E-state index contributed by atoms with van der Waals surface area (Å²) in [6.45, 7) is 3.66. The molecule has 0 spiro atoms. The largest absolute Gasteiger partial charge is 0.378 e. The zero-order valence-electron chi connectivity index (χ0n) is 15.9. The van der Waals surface area contributed by atoms with Crippen LogP contribution in [0.2, 0.25) is 0 Å². The summed E-state index contributed by atoms with van der Waals surface area (Å²) >= 11 is 1.53. The third kappa shape index (κ3) is 4.62. The summed E-state index contributed by atoms with van der Waals surface area (Å²) < 4.78 is 1.09. The standard InChI is InChI=1S/C20H23N5OS/c1-13(15-9-11-16(12-10-15)25(3)4)23-24-19(26)14(2)21-20-22-17-7-5-6-8-18(17)27-20/h5-12,14H,1-4H3,(H,21,22)(H,24,26)/b23-13-/t14-/m1/s1. The summed E-state index contributed by atoms with van der Waals surface area (Å²) in [4.78, 5) is 18.9. The van der Waals surface area contributed by atoms with Crippen LogP contribution in [0.1, 0.15) is 19.4 Å². The monoisotopic (exact) mass is 381 g/mol. The molecule has 0 saturated heterocycles. The molecule has 1 amide bonds. The molecule has 3 aromatic rings. The summed E-state index contributed by atoms with van der Waals surface area (Å²) in [6, 6.07) is 15.5. The van der Waals surface area contributed by atoms with Crippen molar-refractivity contribution in [1.82, 2.24) is 10.4 Å². The van der Waals surface area contributed by atoms with E-state index in [4.69, 9.17) is 0 Å². The van der Waals surface area contributed by atoms with Gasteiger partial charge in [0, 0.05) is 19.8 Å². The fraction of sp³-hybridized carbons (Fsp3) is 0.250. The molecule has 0 aliphatic carbocycles. The number of carbonyl (C=O) groups is 1. The minimum absolute atomic E-state index is 0.210. The average molecular weight is 382 g/mol. The van der Waals surface area contributed by atoms with Crippen molar-refractivity contribution < 1.29 is 4.79 Å². The summed E-state index contributed by atoms with van der Waals surface area (Å²) in [5, 5.41) is 8.08. The van der Waals surface area contributed by atoms with Crippen molar-refractivity contribution >= 4 is 44.0 Å². The molecular weight excluding hydrogens is 358 g/mol. The van der Waals surface area contributed by atoms with E-state index >= 15 is 0 Å². The summed E-state index contributed by atoms with van der Waals surface area (Å²) in [5.74, 6) is -0.210. The van der Waals surface area contributed by atoms with Gasteiger partial charge in [-0.25, -0.2) is 10.4 Å². The first kappa shape index (κ1) is 18.8. The highest BCUT2D eigenvalue weighted by Gasteiger charge is 2.14. The van der Waals surface area contributed by atoms with Gasteiger partial charge in [-0.3, -0.25) is 4.79 Å². The van der Waals surface area contributed by atoms with Gasteiger partial charge in [0.05, 0.1) is 15.9 Å². The van der Waals surface area contributed by atoms with Crippen LogP contribution in [0.15, 0.2) is 53.6 Å². The number of thiazole rings is 1. The van der Waals surface area contributed by atoms with Gasteiger partial charge < -0.3 is 10.2 Å². The summed E-state index contributed by atoms with van der Waals surface area (Å²) in [7, 11) is 3.99. The Morgan fingerprint density at radius 3 is 2.52 bits per heavy atom. The fourth-order valence-electron chi connectivity index (χ4n) is 2.49. The molecule has 0 fully saturated rings. The number of amides is 1. The third-order valence-corrected chi connectivity index (χ3v) is 5.13. The van der Waals surface area contributed by atoms with E-state index in [0.29, 0.717) is 0 Å². The molecule has 0 saturated carbocycles. The zero-order valence-corrected chi connectivity index (χ0v) is 16.7. The fourth-order valence-corrected chi connectivity index (χ4v) is 3.44. The van der Waals surface area contributed by atoms with Crippen molar-refractivity contribution in [3.8, 4) is 0 Å². The first-order valence-electron chi connectivity index (χ1n) is 8.68. The van der Waals surface area contributed by atoms with Crippen molar-refractivity contribution in [2.75, 3.05) is 24.3 Å². The molecule has 2 aromatic carbocycles. The lowest BCUT2D eigenvalue weighted by Gasteiger charge is -2.13. The SMILES string of the molecule is C/C(=N/NC(=O)[C@@H](C)Nc1nc2ccccc2s1)c1ccc(N(C)C)cc1. The highest BCUT2D eigenvalue weighted by atomic mass is 32.1. The number of rotatable bonds is 6. The van der Waals surface area contributed by atoms with Gasteiger partial charge in [-0.2, -0.15) is 5.10 Å². The number of fused-ring (bicyclic) bond motifs is 1. The Kier molecular flexibility index (Phi) is 5.71. The molecule has 1 heterocycles. The lowest BCUT2D eigenvalue weighted by atomic mass is 10.1. The lowest BCUT2D eigenvalue weighted by molar-refractivity contribution is -0.121. The maximum atomic E-state index is 12.3. The molecule has 2 N–H and O–H groups in total. The van der Waals surface area contributed by atoms with Crippen molar-refractivity contribution in [2.45, 2.75) is 19.9 Å². The van der Waals surface area contributed by atoms with Gasteiger partial charge in [0.2, 0.25) is 0 Å². The van der Waals surface area contributed by atoms with Crippen molar-refractivity contribution in [3.05, 3.63) is 54.1 Å². The van der Waals surface area contributed by atoms with Crippen molar-refractivity contribution in [2.24, 2.45) is 5.10 Å². The molecule has 140 valence electrons. The zero-order chi connectivity index (χ0) is 19.4. The molecule has 6 nitrogen and oxygen atoms in total. The van der Waals surface area contributed by atoms with E-state index in [1.54, 1.807) is 6.92 Å². The minimum Gasteiger partial charge on any atom is -0.378 e. The van der Waals surface area contributed by atoms with Crippen LogP contribution in [-0.4, -0.2) is 36.7 Å². The predicted molar refractivity (Wildman–Crippen MR) is 114 cm³/mol. The minimum atomic E-state index is -0.446. The quantitative estimate of drug-likeness (QED) is 0.505. The molecule has 0 unspecified atom stereocenters. The van der Waals surface area contributed by atoms with Gasteiger partial charge >= 0.3 is 0 Å². The van der Waals surface area contributed by atoms with E-state index < -0.39 is 6.04 Å². The van der Waals surface area contributed by atoms with Gasteiger partial charge in [0.25, 0.3) is 5.91 Å². The first-order valence-corrected chi connectivity index (χ1v) is 9.49. The van der Waals surface area contributed by atoms with E-state index in [1.165, 1.54) is 11.3 Å². The molecule has 0 aliphatic heterocycles. The van der Waals surface area contributed by atoms with Crippen LogP contribution in [0.25, 0.3) is 10.2 Å². The number of benzene rings is 2. The van der Waals surface area contributed by atoms with Crippen LogP contribution in [0.5, 0.6) is 0 Å². The smallest absolute Gasteiger partial charge is 0.262 e. The Labute approximate surface area is 162 Å². The van der Waals surface area contributed by atoms with Gasteiger partial charge in [-0.05, 0) is 43.7 Å². The van der Waals surface area contributed by atoms with Crippen LogP contribution in [-0.2, 0) is 4.79 Å². The second-order valence-corrected chi connectivity index (χ2v) is 7.50. The molecule has 0 aliphatic rings. The van der Waals surface area contributed by atoms with Gasteiger partial charge in [0.1, 0.15) is 6.04 Å². The van der Waals surface area contributed by atoms with Crippen LogP contribution >= 0.6 is 11.3 Å². The summed E-state index contributed by atoms with van der Waals surface area (Å²) in [5.41, 5.74) is 6.38. The Balaban J connectivity index is 1.60. The number of para-hydroxylation sites is 1. The number of hydrazone groups is 1. The van der Waals surface area contributed by atoms with Crippen LogP contribution in [0.4, 0.5) is 10.8 Å². The Bertz CT molecular complexity index is 929. The van der Waals surface area contributed by atoms with E-state index in [1.807, 2.05) is 74.4 Å². The van der Waals surface area contributed by atoms with Gasteiger partial charge in [-0.1, -0.05) is 35.6 Å².